The summed E-state index contributed by atoms with van der Waals surface area (Å²) in [6.07, 6.45) is -0.274. The fourth-order valence-corrected chi connectivity index (χ4v) is 5.18. The Morgan fingerprint density at radius 1 is 0.975 bits per heavy atom. The minimum Gasteiger partial charge on any atom is -0.449 e. The number of ether oxygens (including phenoxy) is 1. The molecule has 0 fully saturated rings. The fourth-order valence-electron chi connectivity index (χ4n) is 4.02. The molecule has 1 atom stereocenters. The van der Waals surface area contributed by atoms with Gasteiger partial charge in [-0.15, -0.1) is 0 Å². The summed E-state index contributed by atoms with van der Waals surface area (Å²) in [7, 11) is -2.61. The molecule has 4 aromatic rings. The normalized spacial score (nSPS) is 12.0. The number of anilines is 2. The first-order valence-electron chi connectivity index (χ1n) is 12.6. The molecule has 0 saturated carbocycles. The standard InChI is InChI=1S/C29H30N4O6S/c1-5-21-14-16-23(17-15-21)30-27(34)20(3)39-29(36)22-10-9-13-25(18-22)40(37,38)31-26-19(2)32(4)33(28(26)35)24-11-7-6-8-12-24/h6-18,20,31H,5H2,1-4H3,(H,30,34)/t20-/m0/s1. The number of benzene rings is 3. The summed E-state index contributed by atoms with van der Waals surface area (Å²) >= 11 is 0. The average Bonchev–Trinajstić information content (AvgIpc) is 3.16. The van der Waals surface area contributed by atoms with E-state index >= 15 is 0 Å². The Balaban J connectivity index is 1.50. The van der Waals surface area contributed by atoms with Crippen molar-refractivity contribution in [3.63, 3.8) is 0 Å². The van der Waals surface area contributed by atoms with Gasteiger partial charge in [0.05, 0.1) is 21.8 Å². The molecule has 3 aromatic carbocycles. The van der Waals surface area contributed by atoms with Crippen molar-refractivity contribution in [1.29, 1.82) is 0 Å². The lowest BCUT2D eigenvalue weighted by Gasteiger charge is -2.14. The van der Waals surface area contributed by atoms with E-state index in [-0.39, 0.29) is 16.1 Å². The van der Waals surface area contributed by atoms with Crippen LogP contribution in [0.3, 0.4) is 0 Å². The van der Waals surface area contributed by atoms with Gasteiger partial charge >= 0.3 is 5.97 Å². The Morgan fingerprint density at radius 3 is 2.30 bits per heavy atom. The molecular weight excluding hydrogens is 532 g/mol. The summed E-state index contributed by atoms with van der Waals surface area (Å²) in [5.74, 6) is -1.40. The van der Waals surface area contributed by atoms with Crippen molar-refractivity contribution in [1.82, 2.24) is 9.36 Å². The van der Waals surface area contributed by atoms with Crippen LogP contribution in [0.4, 0.5) is 11.4 Å². The molecule has 40 heavy (non-hydrogen) atoms. The smallest absolute Gasteiger partial charge is 0.338 e. The van der Waals surface area contributed by atoms with Crippen LogP contribution in [0.5, 0.6) is 0 Å². The van der Waals surface area contributed by atoms with Crippen LogP contribution in [0.2, 0.25) is 0 Å². The largest absolute Gasteiger partial charge is 0.449 e. The van der Waals surface area contributed by atoms with Crippen LogP contribution in [0, 0.1) is 6.92 Å². The van der Waals surface area contributed by atoms with Gasteiger partial charge in [0.25, 0.3) is 21.5 Å². The van der Waals surface area contributed by atoms with E-state index in [0.717, 1.165) is 18.1 Å². The second-order valence-corrected chi connectivity index (χ2v) is 10.8. The third-order valence-electron chi connectivity index (χ3n) is 6.45. The van der Waals surface area contributed by atoms with E-state index in [2.05, 4.69) is 10.0 Å². The molecule has 1 amide bonds. The monoisotopic (exact) mass is 562 g/mol. The average molecular weight is 563 g/mol. The molecule has 2 N–H and O–H groups in total. The van der Waals surface area contributed by atoms with Crippen LogP contribution >= 0.6 is 0 Å². The Kier molecular flexibility index (Phi) is 8.24. The van der Waals surface area contributed by atoms with Crippen LogP contribution in [0.1, 0.15) is 35.5 Å². The number of carbonyl (C=O) groups excluding carboxylic acids is 2. The summed E-state index contributed by atoms with van der Waals surface area (Å²) in [5, 5.41) is 2.69. The molecule has 0 aliphatic carbocycles. The summed E-state index contributed by atoms with van der Waals surface area (Å²) in [5.41, 5.74) is 1.92. The van der Waals surface area contributed by atoms with Crippen molar-refractivity contribution in [3.8, 4) is 5.69 Å². The minimum atomic E-state index is -4.26. The number of aryl methyl sites for hydroxylation is 1. The molecular formula is C29H30N4O6S. The Hall–Kier alpha value is -4.64. The van der Waals surface area contributed by atoms with Gasteiger partial charge in [-0.2, -0.15) is 0 Å². The number of nitrogens with zero attached hydrogens (tertiary/aromatic N) is 2. The van der Waals surface area contributed by atoms with Crippen molar-refractivity contribution in [2.45, 2.75) is 38.2 Å². The summed E-state index contributed by atoms with van der Waals surface area (Å²) < 4.78 is 37.0. The highest BCUT2D eigenvalue weighted by molar-refractivity contribution is 7.92. The summed E-state index contributed by atoms with van der Waals surface area (Å²) in [4.78, 5) is 38.2. The van der Waals surface area contributed by atoms with Crippen molar-refractivity contribution < 1.29 is 22.7 Å². The van der Waals surface area contributed by atoms with Crippen molar-refractivity contribution in [2.75, 3.05) is 10.0 Å². The molecule has 0 unspecified atom stereocenters. The van der Waals surface area contributed by atoms with Crippen LogP contribution in [0.25, 0.3) is 5.69 Å². The highest BCUT2D eigenvalue weighted by Crippen LogP contribution is 2.20. The molecule has 0 saturated heterocycles. The number of rotatable bonds is 9. The number of amides is 1. The van der Waals surface area contributed by atoms with Gasteiger partial charge in [0, 0.05) is 12.7 Å². The predicted octanol–water partition coefficient (Wildman–Crippen LogP) is 4.03. The topological polar surface area (TPSA) is 128 Å². The maximum atomic E-state index is 13.2. The van der Waals surface area contributed by atoms with Gasteiger partial charge in [-0.3, -0.25) is 19.0 Å². The van der Waals surface area contributed by atoms with E-state index < -0.39 is 33.6 Å². The lowest BCUT2D eigenvalue weighted by molar-refractivity contribution is -0.123. The van der Waals surface area contributed by atoms with Gasteiger partial charge in [0.1, 0.15) is 5.69 Å². The summed E-state index contributed by atoms with van der Waals surface area (Å²) in [6, 6.07) is 21.3. The van der Waals surface area contributed by atoms with Gasteiger partial charge in [-0.25, -0.2) is 17.9 Å². The number of carbonyl (C=O) groups is 2. The van der Waals surface area contributed by atoms with Crippen LogP contribution in [0.15, 0.2) is 88.6 Å². The number of sulfonamides is 1. The van der Waals surface area contributed by atoms with Crippen LogP contribution in [-0.4, -0.2) is 35.8 Å². The molecule has 0 aliphatic rings. The first-order valence-corrected chi connectivity index (χ1v) is 14.1. The van der Waals surface area contributed by atoms with Crippen molar-refractivity contribution in [2.24, 2.45) is 7.05 Å². The first kappa shape index (κ1) is 28.4. The number of esters is 1. The van der Waals surface area contributed by atoms with Gasteiger partial charge in [0.15, 0.2) is 6.10 Å². The molecule has 0 aliphatic heterocycles. The summed E-state index contributed by atoms with van der Waals surface area (Å²) in [6.45, 7) is 5.07. The van der Waals surface area contributed by atoms with E-state index in [1.165, 1.54) is 29.8 Å². The zero-order valence-electron chi connectivity index (χ0n) is 22.5. The van der Waals surface area contributed by atoms with Crippen LogP contribution < -0.4 is 15.6 Å². The maximum Gasteiger partial charge on any atom is 0.338 e. The maximum absolute atomic E-state index is 13.2. The van der Waals surface area contributed by atoms with E-state index in [1.807, 2.05) is 25.1 Å². The van der Waals surface area contributed by atoms with E-state index in [9.17, 15) is 22.8 Å². The Bertz CT molecular complexity index is 1710. The quantitative estimate of drug-likeness (QED) is 0.297. The first-order chi connectivity index (χ1) is 19.0. The second kappa shape index (κ2) is 11.6. The zero-order chi connectivity index (χ0) is 29.0. The zero-order valence-corrected chi connectivity index (χ0v) is 23.4. The molecule has 10 nitrogen and oxygen atoms in total. The number of nitrogens with one attached hydrogen (secondary N) is 2. The van der Waals surface area contributed by atoms with Crippen molar-refractivity contribution in [3.05, 3.63) is 106 Å². The SMILES string of the molecule is CCc1ccc(NC(=O)[C@H](C)OC(=O)c2cccc(S(=O)(=O)Nc3c(C)n(C)n(-c4ccccc4)c3=O)c2)cc1. The minimum absolute atomic E-state index is 0.0682. The number of aromatic nitrogens is 2. The second-order valence-electron chi connectivity index (χ2n) is 9.16. The molecule has 1 aromatic heterocycles. The lowest BCUT2D eigenvalue weighted by atomic mass is 10.1. The Morgan fingerprint density at radius 2 is 1.65 bits per heavy atom. The molecule has 1 heterocycles. The predicted molar refractivity (Wildman–Crippen MR) is 152 cm³/mol. The Labute approximate surface area is 232 Å². The molecule has 4 rings (SSSR count). The lowest BCUT2D eigenvalue weighted by Crippen LogP contribution is -2.30. The van der Waals surface area contributed by atoms with Gasteiger partial charge in [0.2, 0.25) is 0 Å². The van der Waals surface area contributed by atoms with E-state index in [0.29, 0.717) is 17.1 Å². The molecule has 208 valence electrons. The van der Waals surface area contributed by atoms with E-state index in [1.54, 1.807) is 55.1 Å². The third kappa shape index (κ3) is 5.99. The van der Waals surface area contributed by atoms with Crippen LogP contribution in [-0.2, 0) is 33.0 Å². The van der Waals surface area contributed by atoms with Gasteiger partial charge in [-0.1, -0.05) is 43.3 Å². The molecule has 0 bridgehead atoms. The van der Waals surface area contributed by atoms with Crippen molar-refractivity contribution >= 4 is 33.3 Å². The third-order valence-corrected chi connectivity index (χ3v) is 7.80. The number of hydrogen-bond acceptors (Lipinski definition) is 6. The van der Waals surface area contributed by atoms with E-state index in [4.69, 9.17) is 4.74 Å². The molecule has 0 radical (unpaired) electrons. The molecule has 0 spiro atoms. The highest BCUT2D eigenvalue weighted by atomic mass is 32.2. The number of para-hydroxylation sites is 1. The van der Waals surface area contributed by atoms with Gasteiger partial charge in [-0.05, 0) is 68.3 Å². The fraction of sp³-hybridized carbons (Fsp3) is 0.207. The number of hydrogen-bond donors (Lipinski definition) is 2. The van der Waals surface area contributed by atoms with Gasteiger partial charge < -0.3 is 10.1 Å². The highest BCUT2D eigenvalue weighted by Gasteiger charge is 2.24. The molecule has 11 heteroatoms.